The second-order valence-corrected chi connectivity index (χ2v) is 18.0. The summed E-state index contributed by atoms with van der Waals surface area (Å²) >= 11 is 0. The van der Waals surface area contributed by atoms with Crippen LogP contribution in [0.2, 0.25) is 26.2 Å². The normalized spacial score (nSPS) is 41.5. The maximum atomic E-state index is 6.39. The average molecular weight is 437 g/mol. The van der Waals surface area contributed by atoms with Crippen molar-refractivity contribution in [3.8, 4) is 0 Å². The maximum absolute atomic E-state index is 6.39. The molecule has 2 saturated carbocycles. The van der Waals surface area contributed by atoms with Crippen molar-refractivity contribution in [3.05, 3.63) is 0 Å². The van der Waals surface area contributed by atoms with E-state index in [1.165, 1.54) is 38.5 Å². The van der Waals surface area contributed by atoms with E-state index in [-0.39, 0.29) is 12.2 Å². The fourth-order valence-electron chi connectivity index (χ4n) is 4.39. The first-order valence-electron chi connectivity index (χ1n) is 10.4. The van der Waals surface area contributed by atoms with Gasteiger partial charge in [-0.3, -0.25) is 0 Å². The SMILES string of the molecule is C[SiH]1O[Si](C)(OC2CCCCC2)O[SiH](C)O[Si](C)(OC2CCCCC2)O1. The summed E-state index contributed by atoms with van der Waals surface area (Å²) in [6.45, 7) is 8.14. The molecule has 3 rings (SSSR count). The third kappa shape index (κ3) is 6.32. The van der Waals surface area contributed by atoms with Gasteiger partial charge in [-0.2, -0.15) is 0 Å². The fourth-order valence-corrected chi connectivity index (χ4v) is 19.3. The molecular weight excluding hydrogens is 401 g/mol. The van der Waals surface area contributed by atoms with Crippen molar-refractivity contribution in [2.45, 2.75) is 103 Å². The first-order valence-corrected chi connectivity index (χ1v) is 19.1. The van der Waals surface area contributed by atoms with Crippen LogP contribution in [0, 0.1) is 0 Å². The molecule has 1 heterocycles. The highest BCUT2D eigenvalue weighted by atomic mass is 28.5. The third-order valence-corrected chi connectivity index (χ3v) is 19.1. The lowest BCUT2D eigenvalue weighted by Gasteiger charge is -2.42. The van der Waals surface area contributed by atoms with Gasteiger partial charge in [0.25, 0.3) is 0 Å². The van der Waals surface area contributed by atoms with Gasteiger partial charge in [0.15, 0.2) is 0 Å². The molecule has 1 saturated heterocycles. The van der Waals surface area contributed by atoms with Crippen LogP contribution in [0.1, 0.15) is 64.2 Å². The van der Waals surface area contributed by atoms with Crippen molar-refractivity contribution in [1.82, 2.24) is 0 Å². The molecule has 0 atom stereocenters. The van der Waals surface area contributed by atoms with Gasteiger partial charge in [0.1, 0.15) is 0 Å². The van der Waals surface area contributed by atoms with E-state index in [1.54, 1.807) is 0 Å². The molecular formula is C16H36O6Si4. The minimum absolute atomic E-state index is 0.268. The lowest BCUT2D eigenvalue weighted by atomic mass is 9.98. The van der Waals surface area contributed by atoms with Gasteiger partial charge in [0.2, 0.25) is 0 Å². The lowest BCUT2D eigenvalue weighted by molar-refractivity contribution is 0.0430. The molecule has 152 valence electrons. The predicted octanol–water partition coefficient (Wildman–Crippen LogP) is 3.60. The van der Waals surface area contributed by atoms with Gasteiger partial charge in [-0.25, -0.2) is 0 Å². The van der Waals surface area contributed by atoms with E-state index in [0.717, 1.165) is 25.7 Å². The molecule has 2 aliphatic carbocycles. The highest BCUT2D eigenvalue weighted by Crippen LogP contribution is 2.30. The molecule has 6 nitrogen and oxygen atoms in total. The number of hydrogen-bond donors (Lipinski definition) is 0. The topological polar surface area (TPSA) is 55.4 Å². The second-order valence-electron chi connectivity index (χ2n) is 8.09. The summed E-state index contributed by atoms with van der Waals surface area (Å²) in [6.07, 6.45) is 12.6. The lowest BCUT2D eigenvalue weighted by Crippen LogP contribution is -2.61. The van der Waals surface area contributed by atoms with Crippen molar-refractivity contribution >= 4 is 36.2 Å². The Bertz CT molecular complexity index is 392. The molecule has 0 amide bonds. The number of hydrogen-bond acceptors (Lipinski definition) is 6. The average Bonchev–Trinajstić information content (AvgIpc) is 2.54. The Morgan fingerprint density at radius 1 is 0.615 bits per heavy atom. The molecule has 3 aliphatic rings. The van der Waals surface area contributed by atoms with E-state index >= 15 is 0 Å². The van der Waals surface area contributed by atoms with Crippen molar-refractivity contribution < 1.29 is 25.3 Å². The Labute approximate surface area is 164 Å². The molecule has 0 N–H and O–H groups in total. The first-order chi connectivity index (χ1) is 12.4. The molecule has 0 aromatic rings. The molecule has 0 unspecified atom stereocenters. The minimum atomic E-state index is -2.71. The van der Waals surface area contributed by atoms with Crippen molar-refractivity contribution in [3.63, 3.8) is 0 Å². The Balaban J connectivity index is 1.61. The zero-order valence-corrected chi connectivity index (χ0v) is 21.1. The van der Waals surface area contributed by atoms with Gasteiger partial charge >= 0.3 is 36.2 Å². The summed E-state index contributed by atoms with van der Waals surface area (Å²) in [5.41, 5.74) is 0. The van der Waals surface area contributed by atoms with Gasteiger partial charge in [-0.05, 0) is 38.8 Å². The van der Waals surface area contributed by atoms with Crippen LogP contribution in [0.25, 0.3) is 0 Å². The highest BCUT2D eigenvalue weighted by Gasteiger charge is 2.50. The molecule has 10 heteroatoms. The molecule has 3 fully saturated rings. The van der Waals surface area contributed by atoms with Crippen LogP contribution in [0.4, 0.5) is 0 Å². The van der Waals surface area contributed by atoms with E-state index in [2.05, 4.69) is 13.1 Å². The Morgan fingerprint density at radius 3 is 1.23 bits per heavy atom. The monoisotopic (exact) mass is 436 g/mol. The minimum Gasteiger partial charge on any atom is -0.396 e. The van der Waals surface area contributed by atoms with Crippen LogP contribution in [-0.4, -0.2) is 48.4 Å². The molecule has 0 aromatic carbocycles. The summed E-state index contributed by atoms with van der Waals surface area (Å²) in [6, 6.07) is 0. The zero-order chi connectivity index (χ0) is 18.6. The van der Waals surface area contributed by atoms with Gasteiger partial charge in [0.05, 0.1) is 0 Å². The molecule has 0 aromatic heterocycles. The summed E-state index contributed by atoms with van der Waals surface area (Å²) in [5, 5.41) is 0. The largest absolute Gasteiger partial charge is 0.479 e. The Kier molecular flexibility index (Phi) is 7.73. The van der Waals surface area contributed by atoms with Crippen LogP contribution in [0.5, 0.6) is 0 Å². The van der Waals surface area contributed by atoms with Gasteiger partial charge in [0, 0.05) is 25.3 Å². The van der Waals surface area contributed by atoms with Crippen molar-refractivity contribution in [2.75, 3.05) is 0 Å². The van der Waals surface area contributed by atoms with Gasteiger partial charge < -0.3 is 25.3 Å². The van der Waals surface area contributed by atoms with E-state index in [1.807, 2.05) is 13.1 Å². The maximum Gasteiger partial charge on any atom is 0.479 e. The molecule has 1 aliphatic heterocycles. The van der Waals surface area contributed by atoms with E-state index in [9.17, 15) is 0 Å². The molecule has 0 radical (unpaired) electrons. The summed E-state index contributed by atoms with van der Waals surface area (Å²) < 4.78 is 38.2. The Morgan fingerprint density at radius 2 is 0.923 bits per heavy atom. The quantitative estimate of drug-likeness (QED) is 0.628. The first kappa shape index (κ1) is 21.3. The third-order valence-electron chi connectivity index (χ3n) is 5.39. The highest BCUT2D eigenvalue weighted by molar-refractivity contribution is 6.81. The van der Waals surface area contributed by atoms with Crippen molar-refractivity contribution in [1.29, 1.82) is 0 Å². The van der Waals surface area contributed by atoms with Crippen LogP contribution < -0.4 is 0 Å². The second kappa shape index (κ2) is 9.42. The van der Waals surface area contributed by atoms with Crippen LogP contribution in [-0.2, 0) is 25.3 Å². The van der Waals surface area contributed by atoms with Crippen molar-refractivity contribution in [2.24, 2.45) is 0 Å². The molecule has 0 bridgehead atoms. The van der Waals surface area contributed by atoms with Crippen LogP contribution >= 0.6 is 0 Å². The number of rotatable bonds is 4. The van der Waals surface area contributed by atoms with E-state index in [4.69, 9.17) is 25.3 Å². The van der Waals surface area contributed by atoms with Gasteiger partial charge in [-0.1, -0.05) is 38.5 Å². The summed E-state index contributed by atoms with van der Waals surface area (Å²) in [7, 11) is -9.30. The zero-order valence-electron chi connectivity index (χ0n) is 16.8. The standard InChI is InChI=1S/C16H36O6Si4/c1-23-19-25(3,17-15-11-7-5-8-12-15)21-24(2)22-26(4,20-23)18-16-13-9-6-10-14-16/h15-16,23-24H,5-14H2,1-4H3. The Hall–Kier alpha value is 0.628. The fraction of sp³-hybridized carbons (Fsp3) is 1.00. The van der Waals surface area contributed by atoms with E-state index in [0.29, 0.717) is 0 Å². The summed E-state index contributed by atoms with van der Waals surface area (Å²) in [4.78, 5) is 0. The van der Waals surface area contributed by atoms with E-state index < -0.39 is 36.2 Å². The predicted molar refractivity (Wildman–Crippen MR) is 110 cm³/mol. The van der Waals surface area contributed by atoms with Crippen LogP contribution in [0.15, 0.2) is 0 Å². The molecule has 26 heavy (non-hydrogen) atoms. The summed E-state index contributed by atoms with van der Waals surface area (Å²) in [5.74, 6) is 0. The van der Waals surface area contributed by atoms with Crippen LogP contribution in [0.3, 0.4) is 0 Å². The smallest absolute Gasteiger partial charge is 0.396 e. The van der Waals surface area contributed by atoms with Gasteiger partial charge in [-0.15, -0.1) is 0 Å². The molecule has 0 spiro atoms.